The summed E-state index contributed by atoms with van der Waals surface area (Å²) >= 11 is 3.34. The van der Waals surface area contributed by atoms with E-state index < -0.39 is 0 Å². The third-order valence-electron chi connectivity index (χ3n) is 1.41. The second-order valence-electron chi connectivity index (χ2n) is 2.22. The third kappa shape index (κ3) is 2.04. The zero-order valence-electron chi connectivity index (χ0n) is 6.67. The molecule has 0 aliphatic heterocycles. The van der Waals surface area contributed by atoms with Crippen molar-refractivity contribution >= 4 is 15.9 Å². The smallest absolute Gasteiger partial charge is 0.177 e. The van der Waals surface area contributed by atoms with E-state index in [2.05, 4.69) is 27.8 Å². The largest absolute Gasteiger partial charge is 0.378 e. The van der Waals surface area contributed by atoms with Gasteiger partial charge in [-0.05, 0) is 22.9 Å². The number of halogens is 1. The van der Waals surface area contributed by atoms with Gasteiger partial charge in [-0.2, -0.15) is 0 Å². The minimum atomic E-state index is 0.575. The number of methoxy groups -OCH3 is 1. The van der Waals surface area contributed by atoms with E-state index in [-0.39, 0.29) is 0 Å². The maximum atomic E-state index is 4.94. The SMILES string of the molecule is CCn1cc(COC)nc1Br. The molecule has 0 radical (unpaired) electrons. The van der Waals surface area contributed by atoms with Crippen LogP contribution in [-0.4, -0.2) is 16.7 Å². The van der Waals surface area contributed by atoms with E-state index in [0.717, 1.165) is 17.0 Å². The van der Waals surface area contributed by atoms with Crippen molar-refractivity contribution in [1.29, 1.82) is 0 Å². The number of nitrogens with zero attached hydrogens (tertiary/aromatic N) is 2. The van der Waals surface area contributed by atoms with Crippen molar-refractivity contribution in [3.05, 3.63) is 16.6 Å². The van der Waals surface area contributed by atoms with Gasteiger partial charge < -0.3 is 9.30 Å². The van der Waals surface area contributed by atoms with Gasteiger partial charge in [0.25, 0.3) is 0 Å². The highest BCUT2D eigenvalue weighted by Gasteiger charge is 2.01. The van der Waals surface area contributed by atoms with Gasteiger partial charge in [0.05, 0.1) is 12.3 Å². The predicted octanol–water partition coefficient (Wildman–Crippen LogP) is 1.81. The van der Waals surface area contributed by atoms with Crippen molar-refractivity contribution in [3.63, 3.8) is 0 Å². The molecule has 0 atom stereocenters. The van der Waals surface area contributed by atoms with Gasteiger partial charge in [-0.25, -0.2) is 4.98 Å². The van der Waals surface area contributed by atoms with Crippen LogP contribution >= 0.6 is 15.9 Å². The number of hydrogen-bond donors (Lipinski definition) is 0. The third-order valence-corrected chi connectivity index (χ3v) is 2.04. The molecule has 0 bridgehead atoms. The van der Waals surface area contributed by atoms with Gasteiger partial charge in [-0.15, -0.1) is 0 Å². The number of rotatable bonds is 3. The lowest BCUT2D eigenvalue weighted by Gasteiger charge is -1.94. The Bertz CT molecular complexity index is 234. The van der Waals surface area contributed by atoms with Crippen molar-refractivity contribution in [2.24, 2.45) is 0 Å². The topological polar surface area (TPSA) is 27.1 Å². The summed E-state index contributed by atoms with van der Waals surface area (Å²) in [5.74, 6) is 0. The maximum absolute atomic E-state index is 4.94. The van der Waals surface area contributed by atoms with Gasteiger partial charge >= 0.3 is 0 Å². The number of hydrogen-bond acceptors (Lipinski definition) is 2. The highest BCUT2D eigenvalue weighted by atomic mass is 79.9. The fraction of sp³-hybridized carbons (Fsp3) is 0.571. The first-order chi connectivity index (χ1) is 5.27. The molecule has 11 heavy (non-hydrogen) atoms. The Balaban J connectivity index is 2.77. The van der Waals surface area contributed by atoms with Gasteiger partial charge in [0.15, 0.2) is 4.73 Å². The summed E-state index contributed by atoms with van der Waals surface area (Å²) in [5.41, 5.74) is 0.959. The van der Waals surface area contributed by atoms with Crippen LogP contribution < -0.4 is 0 Å². The molecule has 1 aromatic rings. The van der Waals surface area contributed by atoms with Crippen molar-refractivity contribution in [2.45, 2.75) is 20.1 Å². The summed E-state index contributed by atoms with van der Waals surface area (Å²) in [6.45, 7) is 3.58. The summed E-state index contributed by atoms with van der Waals surface area (Å²) in [4.78, 5) is 4.23. The molecule has 0 amide bonds. The second kappa shape index (κ2) is 3.88. The molecular formula is C7H11BrN2O. The Morgan fingerprint density at radius 1 is 1.73 bits per heavy atom. The summed E-state index contributed by atoms with van der Waals surface area (Å²) < 4.78 is 7.83. The molecule has 0 saturated heterocycles. The Morgan fingerprint density at radius 2 is 2.45 bits per heavy atom. The molecule has 0 fully saturated rings. The average Bonchev–Trinajstić information content (AvgIpc) is 2.32. The lowest BCUT2D eigenvalue weighted by atomic mass is 10.5. The molecule has 1 heterocycles. The van der Waals surface area contributed by atoms with Gasteiger partial charge in [0.1, 0.15) is 0 Å². The summed E-state index contributed by atoms with van der Waals surface area (Å²) in [6.07, 6.45) is 1.98. The molecule has 0 saturated carbocycles. The first kappa shape index (κ1) is 8.74. The minimum Gasteiger partial charge on any atom is -0.378 e. The van der Waals surface area contributed by atoms with E-state index in [1.54, 1.807) is 7.11 Å². The van der Waals surface area contributed by atoms with Crippen LogP contribution in [0.25, 0.3) is 0 Å². The lowest BCUT2D eigenvalue weighted by molar-refractivity contribution is 0.181. The van der Waals surface area contributed by atoms with E-state index in [4.69, 9.17) is 4.74 Å². The van der Waals surface area contributed by atoms with Crippen LogP contribution in [-0.2, 0) is 17.9 Å². The zero-order chi connectivity index (χ0) is 8.27. The van der Waals surface area contributed by atoms with Crippen molar-refractivity contribution < 1.29 is 4.74 Å². The van der Waals surface area contributed by atoms with Crippen LogP contribution in [0.15, 0.2) is 10.9 Å². The van der Waals surface area contributed by atoms with E-state index in [1.165, 1.54) is 0 Å². The first-order valence-corrected chi connectivity index (χ1v) is 4.27. The van der Waals surface area contributed by atoms with Crippen LogP contribution in [0, 0.1) is 0 Å². The van der Waals surface area contributed by atoms with Crippen molar-refractivity contribution in [3.8, 4) is 0 Å². The Labute approximate surface area is 74.5 Å². The van der Waals surface area contributed by atoms with E-state index in [9.17, 15) is 0 Å². The Kier molecular flexibility index (Phi) is 3.08. The molecule has 4 heteroatoms. The molecule has 3 nitrogen and oxygen atoms in total. The summed E-state index contributed by atoms with van der Waals surface area (Å²) in [6, 6.07) is 0. The first-order valence-electron chi connectivity index (χ1n) is 3.48. The number of aryl methyl sites for hydroxylation is 1. The van der Waals surface area contributed by atoms with E-state index in [0.29, 0.717) is 6.61 Å². The molecule has 1 aromatic heterocycles. The van der Waals surface area contributed by atoms with Crippen molar-refractivity contribution in [2.75, 3.05) is 7.11 Å². The molecule has 0 unspecified atom stereocenters. The number of ether oxygens (including phenoxy) is 1. The zero-order valence-corrected chi connectivity index (χ0v) is 8.26. The van der Waals surface area contributed by atoms with Crippen LogP contribution in [0.1, 0.15) is 12.6 Å². The standard InChI is InChI=1S/C7H11BrN2O/c1-3-10-4-6(5-11-2)9-7(10)8/h4H,3,5H2,1-2H3. The van der Waals surface area contributed by atoms with Gasteiger partial charge in [0, 0.05) is 19.9 Å². The second-order valence-corrected chi connectivity index (χ2v) is 2.93. The summed E-state index contributed by atoms with van der Waals surface area (Å²) in [7, 11) is 1.67. The molecule has 0 spiro atoms. The van der Waals surface area contributed by atoms with Crippen LogP contribution in [0.2, 0.25) is 0 Å². The van der Waals surface area contributed by atoms with Gasteiger partial charge in [-0.3, -0.25) is 0 Å². The normalized spacial score (nSPS) is 10.5. The predicted molar refractivity (Wildman–Crippen MR) is 46.3 cm³/mol. The number of imidazole rings is 1. The molecule has 0 aromatic carbocycles. The minimum absolute atomic E-state index is 0.575. The molecule has 1 rings (SSSR count). The van der Waals surface area contributed by atoms with Gasteiger partial charge in [-0.1, -0.05) is 0 Å². The summed E-state index contributed by atoms with van der Waals surface area (Å²) in [5, 5.41) is 0. The Hall–Kier alpha value is -0.350. The van der Waals surface area contributed by atoms with E-state index >= 15 is 0 Å². The average molecular weight is 219 g/mol. The van der Waals surface area contributed by atoms with E-state index in [1.807, 2.05) is 10.8 Å². The fourth-order valence-corrected chi connectivity index (χ4v) is 1.46. The number of aromatic nitrogens is 2. The molecule has 0 N–H and O–H groups in total. The van der Waals surface area contributed by atoms with Crippen molar-refractivity contribution in [1.82, 2.24) is 9.55 Å². The van der Waals surface area contributed by atoms with Gasteiger partial charge in [0.2, 0.25) is 0 Å². The highest BCUT2D eigenvalue weighted by molar-refractivity contribution is 9.10. The maximum Gasteiger partial charge on any atom is 0.177 e. The molecule has 0 aliphatic carbocycles. The molecular weight excluding hydrogens is 208 g/mol. The van der Waals surface area contributed by atoms with Crippen LogP contribution in [0.4, 0.5) is 0 Å². The quantitative estimate of drug-likeness (QED) is 0.775. The van der Waals surface area contributed by atoms with Crippen LogP contribution in [0.5, 0.6) is 0 Å². The highest BCUT2D eigenvalue weighted by Crippen LogP contribution is 2.10. The molecule has 62 valence electrons. The monoisotopic (exact) mass is 218 g/mol. The fourth-order valence-electron chi connectivity index (χ4n) is 0.884. The molecule has 0 aliphatic rings. The Morgan fingerprint density at radius 3 is 2.91 bits per heavy atom. The van der Waals surface area contributed by atoms with Crippen LogP contribution in [0.3, 0.4) is 0 Å². The lowest BCUT2D eigenvalue weighted by Crippen LogP contribution is -1.90.